The van der Waals surface area contributed by atoms with Crippen LogP contribution in [-0.2, 0) is 10.0 Å². The minimum absolute atomic E-state index is 0.0113. The molecule has 0 aromatic heterocycles. The Morgan fingerprint density at radius 2 is 1.79 bits per heavy atom. The first-order valence-corrected chi connectivity index (χ1v) is 8.77. The zero-order valence-corrected chi connectivity index (χ0v) is 14.8. The lowest BCUT2D eigenvalue weighted by atomic mass is 10.1. The number of ether oxygens (including phenoxy) is 1. The second-order valence-electron chi connectivity index (χ2n) is 5.37. The van der Waals surface area contributed by atoms with Crippen molar-refractivity contribution in [2.75, 3.05) is 18.9 Å². The van der Waals surface area contributed by atoms with Gasteiger partial charge in [0.05, 0.1) is 23.3 Å². The lowest BCUT2D eigenvalue weighted by Gasteiger charge is -2.13. The van der Waals surface area contributed by atoms with Crippen molar-refractivity contribution in [3.05, 3.63) is 53.1 Å². The summed E-state index contributed by atoms with van der Waals surface area (Å²) in [5.41, 5.74) is 2.42. The summed E-state index contributed by atoms with van der Waals surface area (Å²) in [7, 11) is -0.937. The van der Waals surface area contributed by atoms with Crippen LogP contribution >= 0.6 is 0 Å². The van der Waals surface area contributed by atoms with Crippen molar-refractivity contribution >= 4 is 21.6 Å². The fourth-order valence-electron chi connectivity index (χ4n) is 2.22. The molecule has 0 aliphatic heterocycles. The quantitative estimate of drug-likeness (QED) is 0.869. The smallest absolute Gasteiger partial charge is 0.261 e. The minimum atomic E-state index is -3.83. The Hall–Kier alpha value is -2.54. The van der Waals surface area contributed by atoms with Gasteiger partial charge in [-0.1, -0.05) is 12.1 Å². The molecular weight excluding hydrogens is 328 g/mol. The van der Waals surface area contributed by atoms with Crippen LogP contribution in [0.2, 0.25) is 0 Å². The van der Waals surface area contributed by atoms with E-state index < -0.39 is 15.9 Å². The molecule has 0 atom stereocenters. The molecule has 7 heteroatoms. The number of nitrogens with one attached hydrogen (secondary N) is 2. The number of hydrogen-bond acceptors (Lipinski definition) is 4. The predicted octanol–water partition coefficient (Wildman–Crippen LogP) is 2.47. The first kappa shape index (κ1) is 17.8. The van der Waals surface area contributed by atoms with Crippen LogP contribution in [0.15, 0.2) is 41.3 Å². The number of methoxy groups -OCH3 is 1. The SMILES string of the molecule is CNC(=O)c1cc(S(=O)(=O)Nc2cc(C)ccc2C)ccc1OC. The van der Waals surface area contributed by atoms with E-state index in [4.69, 9.17) is 4.74 Å². The molecule has 0 fully saturated rings. The van der Waals surface area contributed by atoms with Gasteiger partial charge >= 0.3 is 0 Å². The molecule has 6 nitrogen and oxygen atoms in total. The van der Waals surface area contributed by atoms with E-state index in [1.54, 1.807) is 6.07 Å². The Morgan fingerprint density at radius 1 is 1.08 bits per heavy atom. The number of carbonyl (C=O) groups is 1. The third-order valence-corrected chi connectivity index (χ3v) is 4.95. The van der Waals surface area contributed by atoms with Crippen LogP contribution < -0.4 is 14.8 Å². The van der Waals surface area contributed by atoms with Crippen molar-refractivity contribution in [3.8, 4) is 5.75 Å². The maximum absolute atomic E-state index is 12.6. The number of sulfonamides is 1. The molecular formula is C17H20N2O4S. The zero-order chi connectivity index (χ0) is 17.9. The number of carbonyl (C=O) groups excluding carboxylic acids is 1. The summed E-state index contributed by atoms with van der Waals surface area (Å²) < 4.78 is 33.0. The summed E-state index contributed by atoms with van der Waals surface area (Å²) in [5.74, 6) is -0.115. The highest BCUT2D eigenvalue weighted by Gasteiger charge is 2.20. The fourth-order valence-corrected chi connectivity index (χ4v) is 3.36. The van der Waals surface area contributed by atoms with E-state index in [1.807, 2.05) is 26.0 Å². The average Bonchev–Trinajstić information content (AvgIpc) is 2.56. The molecule has 1 amide bonds. The molecule has 0 aliphatic rings. The van der Waals surface area contributed by atoms with Crippen LogP contribution in [0.4, 0.5) is 5.69 Å². The van der Waals surface area contributed by atoms with Gasteiger partial charge in [-0.15, -0.1) is 0 Å². The highest BCUT2D eigenvalue weighted by atomic mass is 32.2. The molecule has 128 valence electrons. The summed E-state index contributed by atoms with van der Waals surface area (Å²) in [6.45, 7) is 3.70. The Balaban J connectivity index is 2.46. The molecule has 0 saturated heterocycles. The van der Waals surface area contributed by atoms with Gasteiger partial charge in [-0.2, -0.15) is 0 Å². The summed E-state index contributed by atoms with van der Waals surface area (Å²) in [6.07, 6.45) is 0. The first-order valence-electron chi connectivity index (χ1n) is 7.28. The Labute approximate surface area is 141 Å². The van der Waals surface area contributed by atoms with Crippen LogP contribution in [0.1, 0.15) is 21.5 Å². The topological polar surface area (TPSA) is 84.5 Å². The van der Waals surface area contributed by atoms with E-state index in [0.717, 1.165) is 11.1 Å². The highest BCUT2D eigenvalue weighted by Crippen LogP contribution is 2.25. The molecule has 0 bridgehead atoms. The van der Waals surface area contributed by atoms with Crippen molar-refractivity contribution in [1.29, 1.82) is 0 Å². The third-order valence-electron chi connectivity index (χ3n) is 3.59. The third kappa shape index (κ3) is 3.68. The van der Waals surface area contributed by atoms with Crippen molar-refractivity contribution in [1.82, 2.24) is 5.32 Å². The monoisotopic (exact) mass is 348 g/mol. The predicted molar refractivity (Wildman–Crippen MR) is 93.1 cm³/mol. The minimum Gasteiger partial charge on any atom is -0.496 e. The van der Waals surface area contributed by atoms with Gasteiger partial charge < -0.3 is 10.1 Å². The van der Waals surface area contributed by atoms with Gasteiger partial charge in [-0.3, -0.25) is 9.52 Å². The van der Waals surface area contributed by atoms with E-state index in [-0.39, 0.29) is 10.5 Å². The molecule has 2 aromatic rings. The van der Waals surface area contributed by atoms with Gasteiger partial charge in [0.25, 0.3) is 15.9 Å². The normalized spacial score (nSPS) is 11.0. The van der Waals surface area contributed by atoms with Crippen molar-refractivity contribution < 1.29 is 17.9 Å². The second-order valence-corrected chi connectivity index (χ2v) is 7.05. The number of aryl methyl sites for hydroxylation is 2. The van der Waals surface area contributed by atoms with E-state index >= 15 is 0 Å². The van der Waals surface area contributed by atoms with Crippen molar-refractivity contribution in [3.63, 3.8) is 0 Å². The van der Waals surface area contributed by atoms with E-state index in [2.05, 4.69) is 10.0 Å². The summed E-state index contributed by atoms with van der Waals surface area (Å²) in [4.78, 5) is 11.9. The number of amides is 1. The van der Waals surface area contributed by atoms with Gasteiger partial charge in [0.1, 0.15) is 5.75 Å². The number of rotatable bonds is 5. The van der Waals surface area contributed by atoms with Gasteiger partial charge in [-0.05, 0) is 49.2 Å². The lowest BCUT2D eigenvalue weighted by Crippen LogP contribution is -2.20. The standard InChI is InChI=1S/C17H20N2O4S/c1-11-5-6-12(2)15(9-11)19-24(21,22)13-7-8-16(23-4)14(10-13)17(20)18-3/h5-10,19H,1-4H3,(H,18,20). The van der Waals surface area contributed by atoms with E-state index in [0.29, 0.717) is 11.4 Å². The highest BCUT2D eigenvalue weighted by molar-refractivity contribution is 7.92. The van der Waals surface area contributed by atoms with Crippen LogP contribution in [0, 0.1) is 13.8 Å². The molecule has 0 unspecified atom stereocenters. The van der Waals surface area contributed by atoms with E-state index in [1.165, 1.54) is 32.4 Å². The Kier molecular flexibility index (Phi) is 5.14. The van der Waals surface area contributed by atoms with Crippen LogP contribution in [0.5, 0.6) is 5.75 Å². The average molecular weight is 348 g/mol. The molecule has 0 spiro atoms. The van der Waals surface area contributed by atoms with Crippen LogP contribution in [0.25, 0.3) is 0 Å². The number of anilines is 1. The van der Waals surface area contributed by atoms with Crippen molar-refractivity contribution in [2.24, 2.45) is 0 Å². The van der Waals surface area contributed by atoms with Gasteiger partial charge in [0.15, 0.2) is 0 Å². The molecule has 0 radical (unpaired) electrons. The Morgan fingerprint density at radius 3 is 2.42 bits per heavy atom. The fraction of sp³-hybridized carbons (Fsp3) is 0.235. The summed E-state index contributed by atoms with van der Waals surface area (Å²) in [5, 5.41) is 2.47. The van der Waals surface area contributed by atoms with Crippen molar-refractivity contribution in [2.45, 2.75) is 18.7 Å². The van der Waals surface area contributed by atoms with Crippen LogP contribution in [-0.4, -0.2) is 28.5 Å². The van der Waals surface area contributed by atoms with Gasteiger partial charge in [0.2, 0.25) is 0 Å². The molecule has 0 saturated carbocycles. The van der Waals surface area contributed by atoms with Gasteiger partial charge in [0, 0.05) is 7.05 Å². The molecule has 2 aromatic carbocycles. The largest absolute Gasteiger partial charge is 0.496 e. The molecule has 2 N–H and O–H groups in total. The maximum Gasteiger partial charge on any atom is 0.261 e. The zero-order valence-electron chi connectivity index (χ0n) is 14.0. The Bertz CT molecular complexity index is 876. The molecule has 0 heterocycles. The summed E-state index contributed by atoms with van der Waals surface area (Å²) in [6, 6.07) is 9.67. The molecule has 2 rings (SSSR count). The summed E-state index contributed by atoms with van der Waals surface area (Å²) >= 11 is 0. The first-order chi connectivity index (χ1) is 11.3. The number of benzene rings is 2. The number of hydrogen-bond donors (Lipinski definition) is 2. The maximum atomic E-state index is 12.6. The van der Waals surface area contributed by atoms with E-state index in [9.17, 15) is 13.2 Å². The second kappa shape index (κ2) is 6.92. The molecule has 24 heavy (non-hydrogen) atoms. The van der Waals surface area contributed by atoms with Crippen LogP contribution in [0.3, 0.4) is 0 Å². The lowest BCUT2D eigenvalue weighted by molar-refractivity contribution is 0.0960. The van der Waals surface area contributed by atoms with Gasteiger partial charge in [-0.25, -0.2) is 8.42 Å². The molecule has 0 aliphatic carbocycles.